The Labute approximate surface area is 134 Å². The molecular formula is C18H19NO4. The highest BCUT2D eigenvalue weighted by Crippen LogP contribution is 2.37. The zero-order valence-corrected chi connectivity index (χ0v) is 13.2. The second-order valence-electron chi connectivity index (χ2n) is 6.87. The number of aliphatic carboxylic acids is 1. The lowest BCUT2D eigenvalue weighted by atomic mass is 9.75. The van der Waals surface area contributed by atoms with E-state index in [1.807, 2.05) is 19.9 Å². The third-order valence-corrected chi connectivity index (χ3v) is 4.29. The largest absolute Gasteiger partial charge is 0.481 e. The fraction of sp³-hybridized carbons (Fsp3) is 0.389. The van der Waals surface area contributed by atoms with E-state index in [4.69, 9.17) is 4.52 Å². The van der Waals surface area contributed by atoms with Gasteiger partial charge in [-0.1, -0.05) is 49.3 Å². The van der Waals surface area contributed by atoms with Crippen molar-refractivity contribution in [3.63, 3.8) is 0 Å². The van der Waals surface area contributed by atoms with E-state index in [2.05, 4.69) is 5.16 Å². The third kappa shape index (κ3) is 3.04. The minimum Gasteiger partial charge on any atom is -0.481 e. The number of carboxylic acid groups (broad SMARTS) is 1. The Hall–Kier alpha value is -2.43. The number of fused-ring (bicyclic) bond motifs is 1. The van der Waals surface area contributed by atoms with E-state index in [1.54, 1.807) is 24.3 Å². The Balaban J connectivity index is 1.93. The molecule has 0 saturated carbocycles. The van der Waals surface area contributed by atoms with Gasteiger partial charge in [-0.05, 0) is 11.0 Å². The first-order chi connectivity index (χ1) is 10.9. The Kier molecular flexibility index (Phi) is 3.80. The molecule has 0 fully saturated rings. The van der Waals surface area contributed by atoms with Gasteiger partial charge in [-0.3, -0.25) is 9.59 Å². The molecule has 1 N–H and O–H groups in total. The molecule has 0 bridgehead atoms. The van der Waals surface area contributed by atoms with Crippen LogP contribution in [0.1, 0.15) is 53.6 Å². The summed E-state index contributed by atoms with van der Waals surface area (Å²) in [7, 11) is 0. The molecule has 1 aromatic carbocycles. The molecule has 2 aromatic rings. The number of aromatic nitrogens is 1. The number of carboxylic acids is 1. The van der Waals surface area contributed by atoms with Crippen molar-refractivity contribution in [2.45, 2.75) is 39.0 Å². The summed E-state index contributed by atoms with van der Waals surface area (Å²) in [5, 5.41) is 13.5. The van der Waals surface area contributed by atoms with Crippen LogP contribution in [0.5, 0.6) is 0 Å². The van der Waals surface area contributed by atoms with Gasteiger partial charge >= 0.3 is 5.97 Å². The lowest BCUT2D eigenvalue weighted by molar-refractivity contribution is -0.138. The van der Waals surface area contributed by atoms with E-state index < -0.39 is 11.9 Å². The van der Waals surface area contributed by atoms with Crippen molar-refractivity contribution >= 4 is 11.8 Å². The zero-order chi connectivity index (χ0) is 16.6. The maximum atomic E-state index is 12.4. The predicted octanol–water partition coefficient (Wildman–Crippen LogP) is 3.24. The SMILES string of the molecule is CC1(C)CC(=O)c2c(CC(C(=O)O)c3ccccc3)noc2C1. The van der Waals surface area contributed by atoms with Crippen molar-refractivity contribution in [2.75, 3.05) is 0 Å². The van der Waals surface area contributed by atoms with Crippen molar-refractivity contribution in [2.24, 2.45) is 5.41 Å². The minimum absolute atomic E-state index is 0.00954. The van der Waals surface area contributed by atoms with Crippen molar-refractivity contribution < 1.29 is 19.2 Å². The summed E-state index contributed by atoms with van der Waals surface area (Å²) in [4.78, 5) is 24.1. The highest BCUT2D eigenvalue weighted by molar-refractivity contribution is 5.99. The maximum Gasteiger partial charge on any atom is 0.311 e. The van der Waals surface area contributed by atoms with Crippen LogP contribution in [0.2, 0.25) is 0 Å². The number of hydrogen-bond acceptors (Lipinski definition) is 4. The first-order valence-electron chi connectivity index (χ1n) is 7.66. The summed E-state index contributed by atoms with van der Waals surface area (Å²) >= 11 is 0. The number of ketones is 1. The van der Waals surface area contributed by atoms with Crippen LogP contribution in [0.15, 0.2) is 34.9 Å². The molecule has 5 nitrogen and oxygen atoms in total. The topological polar surface area (TPSA) is 80.4 Å². The van der Waals surface area contributed by atoms with Gasteiger partial charge in [0.05, 0.1) is 17.2 Å². The number of hydrogen-bond donors (Lipinski definition) is 1. The smallest absolute Gasteiger partial charge is 0.311 e. The lowest BCUT2D eigenvalue weighted by Gasteiger charge is -2.26. The number of Topliss-reactive ketones (excluding diaryl/α,β-unsaturated/α-hetero) is 1. The Morgan fingerprint density at radius 2 is 2.00 bits per heavy atom. The molecule has 1 aliphatic carbocycles. The molecule has 120 valence electrons. The molecule has 0 spiro atoms. The quantitative estimate of drug-likeness (QED) is 0.937. The van der Waals surface area contributed by atoms with Crippen LogP contribution in [0.4, 0.5) is 0 Å². The summed E-state index contributed by atoms with van der Waals surface area (Å²) < 4.78 is 5.35. The second kappa shape index (κ2) is 5.65. The van der Waals surface area contributed by atoms with E-state index in [9.17, 15) is 14.7 Å². The summed E-state index contributed by atoms with van der Waals surface area (Å²) in [5.41, 5.74) is 1.50. The van der Waals surface area contributed by atoms with Gasteiger partial charge in [0.1, 0.15) is 5.76 Å². The van der Waals surface area contributed by atoms with E-state index in [0.29, 0.717) is 35.4 Å². The third-order valence-electron chi connectivity index (χ3n) is 4.29. The summed E-state index contributed by atoms with van der Waals surface area (Å²) in [6.45, 7) is 4.03. The summed E-state index contributed by atoms with van der Waals surface area (Å²) in [5.74, 6) is -1.10. The summed E-state index contributed by atoms with van der Waals surface area (Å²) in [6.07, 6.45) is 1.23. The first kappa shape index (κ1) is 15.5. The Morgan fingerprint density at radius 1 is 1.30 bits per heavy atom. The molecule has 0 amide bonds. The van der Waals surface area contributed by atoms with E-state index in [1.165, 1.54) is 0 Å². The van der Waals surface area contributed by atoms with Crippen molar-refractivity contribution in [1.82, 2.24) is 5.16 Å². The molecule has 5 heteroatoms. The van der Waals surface area contributed by atoms with Crippen molar-refractivity contribution in [3.05, 3.63) is 52.9 Å². The van der Waals surface area contributed by atoms with Crippen LogP contribution in [0.3, 0.4) is 0 Å². The normalized spacial score (nSPS) is 17.6. The van der Waals surface area contributed by atoms with Gasteiger partial charge < -0.3 is 9.63 Å². The fourth-order valence-electron chi connectivity index (χ4n) is 3.19. The van der Waals surface area contributed by atoms with Crippen LogP contribution in [0, 0.1) is 5.41 Å². The average Bonchev–Trinajstić information content (AvgIpc) is 2.86. The number of nitrogens with zero attached hydrogens (tertiary/aromatic N) is 1. The van der Waals surface area contributed by atoms with Crippen molar-refractivity contribution in [3.8, 4) is 0 Å². The molecule has 1 aliphatic rings. The van der Waals surface area contributed by atoms with E-state index >= 15 is 0 Å². The molecule has 1 atom stereocenters. The molecule has 0 aliphatic heterocycles. The van der Waals surface area contributed by atoms with Gasteiger partial charge in [0.2, 0.25) is 0 Å². The van der Waals surface area contributed by atoms with Crippen LogP contribution < -0.4 is 0 Å². The van der Waals surface area contributed by atoms with Gasteiger partial charge in [0.25, 0.3) is 0 Å². The Morgan fingerprint density at radius 3 is 2.65 bits per heavy atom. The molecule has 1 heterocycles. The molecule has 23 heavy (non-hydrogen) atoms. The van der Waals surface area contributed by atoms with Gasteiger partial charge in [-0.15, -0.1) is 0 Å². The van der Waals surface area contributed by atoms with Crippen LogP contribution in [-0.2, 0) is 17.6 Å². The fourth-order valence-corrected chi connectivity index (χ4v) is 3.19. The molecular weight excluding hydrogens is 294 g/mol. The van der Waals surface area contributed by atoms with Crippen LogP contribution in [-0.4, -0.2) is 22.0 Å². The number of carbonyl (C=O) groups excluding carboxylic acids is 1. The minimum atomic E-state index is -0.934. The standard InChI is InChI=1S/C18H19NO4/c1-18(2)9-14(20)16-13(19-23-15(16)10-18)8-12(17(21)22)11-6-4-3-5-7-11/h3-7,12H,8-10H2,1-2H3,(H,21,22). The summed E-state index contributed by atoms with van der Waals surface area (Å²) in [6, 6.07) is 8.99. The maximum absolute atomic E-state index is 12.4. The monoisotopic (exact) mass is 313 g/mol. The Bertz CT molecular complexity index is 746. The molecule has 0 radical (unpaired) electrons. The molecule has 3 rings (SSSR count). The van der Waals surface area contributed by atoms with Crippen LogP contribution >= 0.6 is 0 Å². The van der Waals surface area contributed by atoms with Gasteiger partial charge in [-0.25, -0.2) is 0 Å². The highest BCUT2D eigenvalue weighted by atomic mass is 16.5. The van der Waals surface area contributed by atoms with E-state index in [0.717, 1.165) is 0 Å². The first-order valence-corrected chi connectivity index (χ1v) is 7.66. The number of benzene rings is 1. The van der Waals surface area contributed by atoms with Crippen LogP contribution in [0.25, 0.3) is 0 Å². The zero-order valence-electron chi connectivity index (χ0n) is 13.2. The van der Waals surface area contributed by atoms with Crippen molar-refractivity contribution in [1.29, 1.82) is 0 Å². The molecule has 0 saturated heterocycles. The highest BCUT2D eigenvalue weighted by Gasteiger charge is 2.37. The number of rotatable bonds is 4. The predicted molar refractivity (Wildman–Crippen MR) is 83.5 cm³/mol. The van der Waals surface area contributed by atoms with E-state index in [-0.39, 0.29) is 17.6 Å². The molecule has 1 unspecified atom stereocenters. The average molecular weight is 313 g/mol. The molecule has 1 aromatic heterocycles. The van der Waals surface area contributed by atoms with Gasteiger partial charge in [0.15, 0.2) is 5.78 Å². The van der Waals surface area contributed by atoms with Gasteiger partial charge in [-0.2, -0.15) is 0 Å². The second-order valence-corrected chi connectivity index (χ2v) is 6.87. The lowest BCUT2D eigenvalue weighted by Crippen LogP contribution is -2.27. The number of carbonyl (C=O) groups is 2. The van der Waals surface area contributed by atoms with Gasteiger partial charge in [0, 0.05) is 19.3 Å².